The van der Waals surface area contributed by atoms with Crippen molar-refractivity contribution in [3.8, 4) is 5.75 Å². The van der Waals surface area contributed by atoms with Gasteiger partial charge in [0, 0.05) is 5.69 Å². The lowest BCUT2D eigenvalue weighted by atomic mass is 10.2. The summed E-state index contributed by atoms with van der Waals surface area (Å²) in [5.41, 5.74) is 6.44. The maximum absolute atomic E-state index is 11.1. The molecule has 1 aliphatic heterocycles. The second-order valence-corrected chi connectivity index (χ2v) is 4.79. The lowest BCUT2D eigenvalue weighted by Crippen LogP contribution is -3.19. The Bertz CT molecular complexity index is 411. The van der Waals surface area contributed by atoms with Gasteiger partial charge in [-0.2, -0.15) is 0 Å². The molecule has 0 spiro atoms. The summed E-state index contributed by atoms with van der Waals surface area (Å²) in [6, 6.07) is 7.10. The number of piperazine rings is 1. The summed E-state index contributed by atoms with van der Waals surface area (Å²) in [5.74, 6) is 0.0495. The van der Waals surface area contributed by atoms with E-state index in [0.29, 0.717) is 0 Å². The van der Waals surface area contributed by atoms with Crippen LogP contribution in [-0.4, -0.2) is 43.2 Å². The molecule has 4 N–H and O–H groups in total. The first-order valence-electron chi connectivity index (χ1n) is 6.26. The fraction of sp³-hybridized carbons (Fsp3) is 0.462. The molecule has 2 rings (SSSR count). The van der Waals surface area contributed by atoms with Gasteiger partial charge in [-0.05, 0) is 31.2 Å². The number of carbonyl (C=O) groups is 1. The molecule has 0 aliphatic carbocycles. The average molecular weight is 250 g/mol. The van der Waals surface area contributed by atoms with Crippen molar-refractivity contribution in [2.75, 3.05) is 31.1 Å². The molecule has 5 heteroatoms. The molecule has 1 heterocycles. The van der Waals surface area contributed by atoms with E-state index in [0.717, 1.165) is 31.9 Å². The zero-order valence-corrected chi connectivity index (χ0v) is 10.6. The first kappa shape index (κ1) is 12.7. The Labute approximate surface area is 107 Å². The van der Waals surface area contributed by atoms with Gasteiger partial charge in [-0.15, -0.1) is 0 Å². The van der Waals surface area contributed by atoms with Gasteiger partial charge in [0.2, 0.25) is 0 Å². The van der Waals surface area contributed by atoms with Gasteiger partial charge in [0.05, 0.1) is 26.2 Å². The maximum Gasteiger partial charge on any atom is 0.275 e. The summed E-state index contributed by atoms with van der Waals surface area (Å²) < 4.78 is 0. The van der Waals surface area contributed by atoms with Crippen LogP contribution in [-0.2, 0) is 4.79 Å². The van der Waals surface area contributed by atoms with Crippen molar-refractivity contribution in [2.45, 2.75) is 13.0 Å². The van der Waals surface area contributed by atoms with Gasteiger partial charge >= 0.3 is 0 Å². The fourth-order valence-electron chi connectivity index (χ4n) is 2.35. The summed E-state index contributed by atoms with van der Waals surface area (Å²) >= 11 is 0. The van der Waals surface area contributed by atoms with Gasteiger partial charge < -0.3 is 20.6 Å². The zero-order valence-electron chi connectivity index (χ0n) is 10.6. The summed E-state index contributed by atoms with van der Waals surface area (Å²) in [6.45, 7) is 5.50. The number of hydrogen-bond acceptors (Lipinski definition) is 3. The van der Waals surface area contributed by atoms with Gasteiger partial charge in [-0.1, -0.05) is 0 Å². The first-order valence-corrected chi connectivity index (χ1v) is 6.26. The molecule has 1 aromatic rings. The number of quaternary nitrogens is 1. The summed E-state index contributed by atoms with van der Waals surface area (Å²) in [7, 11) is 0. The molecular formula is C13H20N3O2+. The third-order valence-corrected chi connectivity index (χ3v) is 3.66. The summed E-state index contributed by atoms with van der Waals surface area (Å²) in [4.78, 5) is 14.7. The van der Waals surface area contributed by atoms with E-state index in [4.69, 9.17) is 5.73 Å². The highest BCUT2D eigenvalue weighted by atomic mass is 16.3. The largest absolute Gasteiger partial charge is 0.508 e. The second kappa shape index (κ2) is 5.27. The van der Waals surface area contributed by atoms with Crippen LogP contribution < -0.4 is 15.5 Å². The van der Waals surface area contributed by atoms with Crippen LogP contribution in [0.5, 0.6) is 5.75 Å². The highest BCUT2D eigenvalue weighted by molar-refractivity contribution is 5.77. The number of benzene rings is 1. The van der Waals surface area contributed by atoms with Gasteiger partial charge in [-0.3, -0.25) is 4.79 Å². The van der Waals surface area contributed by atoms with E-state index in [1.165, 1.54) is 4.90 Å². The average Bonchev–Trinajstić information content (AvgIpc) is 2.39. The minimum absolute atomic E-state index is 0.119. The molecule has 5 nitrogen and oxygen atoms in total. The molecule has 0 radical (unpaired) electrons. The monoisotopic (exact) mass is 250 g/mol. The van der Waals surface area contributed by atoms with Crippen LogP contribution in [0.2, 0.25) is 0 Å². The molecule has 1 saturated heterocycles. The molecule has 0 unspecified atom stereocenters. The smallest absolute Gasteiger partial charge is 0.275 e. The van der Waals surface area contributed by atoms with Crippen molar-refractivity contribution in [1.82, 2.24) is 0 Å². The molecule has 0 aromatic heterocycles. The predicted molar refractivity (Wildman–Crippen MR) is 69.7 cm³/mol. The Morgan fingerprint density at radius 3 is 2.39 bits per heavy atom. The van der Waals surface area contributed by atoms with E-state index in [1.54, 1.807) is 12.1 Å². The SMILES string of the molecule is C[C@@H](C(N)=O)[NH+]1CCN(c2ccc(O)cc2)CC1. The quantitative estimate of drug-likeness (QED) is 0.642. The second-order valence-electron chi connectivity index (χ2n) is 4.79. The Morgan fingerprint density at radius 1 is 1.33 bits per heavy atom. The van der Waals surface area contributed by atoms with E-state index < -0.39 is 0 Å². The van der Waals surface area contributed by atoms with Crippen LogP contribution in [0.3, 0.4) is 0 Å². The normalized spacial score (nSPS) is 18.6. The Morgan fingerprint density at radius 2 is 1.89 bits per heavy atom. The number of phenolic OH excluding ortho intramolecular Hbond substituents is 1. The number of anilines is 1. The zero-order chi connectivity index (χ0) is 13.1. The molecule has 18 heavy (non-hydrogen) atoms. The maximum atomic E-state index is 11.1. The molecule has 0 saturated carbocycles. The number of hydrogen-bond donors (Lipinski definition) is 3. The van der Waals surface area contributed by atoms with E-state index in [9.17, 15) is 9.90 Å². The molecule has 98 valence electrons. The fourth-order valence-corrected chi connectivity index (χ4v) is 2.35. The number of rotatable bonds is 3. The summed E-state index contributed by atoms with van der Waals surface area (Å²) in [6.07, 6.45) is 0. The lowest BCUT2D eigenvalue weighted by Gasteiger charge is -2.35. The topological polar surface area (TPSA) is 71.0 Å². The third-order valence-electron chi connectivity index (χ3n) is 3.66. The van der Waals surface area contributed by atoms with Crippen LogP contribution in [0.4, 0.5) is 5.69 Å². The van der Waals surface area contributed by atoms with Gasteiger partial charge in [-0.25, -0.2) is 0 Å². The van der Waals surface area contributed by atoms with E-state index in [-0.39, 0.29) is 17.7 Å². The van der Waals surface area contributed by atoms with Crippen molar-refractivity contribution in [3.63, 3.8) is 0 Å². The number of carbonyl (C=O) groups excluding carboxylic acids is 1. The molecular weight excluding hydrogens is 230 g/mol. The molecule has 1 aromatic carbocycles. The highest BCUT2D eigenvalue weighted by Gasteiger charge is 2.27. The van der Waals surface area contributed by atoms with E-state index in [1.807, 2.05) is 19.1 Å². The van der Waals surface area contributed by atoms with Gasteiger partial charge in [0.1, 0.15) is 5.75 Å². The number of amides is 1. The van der Waals surface area contributed by atoms with E-state index in [2.05, 4.69) is 4.90 Å². The van der Waals surface area contributed by atoms with Gasteiger partial charge in [0.15, 0.2) is 6.04 Å². The number of nitrogens with two attached hydrogens (primary N) is 1. The van der Waals surface area contributed by atoms with Crippen molar-refractivity contribution < 1.29 is 14.8 Å². The van der Waals surface area contributed by atoms with Crippen LogP contribution in [0.15, 0.2) is 24.3 Å². The summed E-state index contributed by atoms with van der Waals surface area (Å²) in [5, 5.41) is 9.26. The number of nitrogens with zero attached hydrogens (tertiary/aromatic N) is 1. The molecule has 1 atom stereocenters. The van der Waals surface area contributed by atoms with Crippen LogP contribution in [0, 0.1) is 0 Å². The van der Waals surface area contributed by atoms with Crippen LogP contribution in [0.25, 0.3) is 0 Å². The van der Waals surface area contributed by atoms with Crippen LogP contribution >= 0.6 is 0 Å². The number of nitrogens with one attached hydrogen (secondary N) is 1. The third kappa shape index (κ3) is 2.73. The number of primary amides is 1. The van der Waals surface area contributed by atoms with Crippen molar-refractivity contribution in [2.24, 2.45) is 5.73 Å². The lowest BCUT2D eigenvalue weighted by molar-refractivity contribution is -0.914. The number of aromatic hydroxyl groups is 1. The molecule has 1 fully saturated rings. The van der Waals surface area contributed by atoms with Crippen molar-refractivity contribution >= 4 is 11.6 Å². The van der Waals surface area contributed by atoms with Gasteiger partial charge in [0.25, 0.3) is 5.91 Å². The van der Waals surface area contributed by atoms with Crippen molar-refractivity contribution in [3.05, 3.63) is 24.3 Å². The number of phenols is 1. The Balaban J connectivity index is 1.94. The molecule has 1 aliphatic rings. The van der Waals surface area contributed by atoms with E-state index >= 15 is 0 Å². The molecule has 1 amide bonds. The predicted octanol–water partition coefficient (Wildman–Crippen LogP) is -1.03. The Hall–Kier alpha value is -1.75. The first-order chi connectivity index (χ1) is 8.58. The standard InChI is InChI=1S/C13H19N3O2/c1-10(13(14)18)15-6-8-16(9-7-15)11-2-4-12(17)5-3-11/h2-5,10,17H,6-9H2,1H3,(H2,14,18)/p+1/t10-/m0/s1. The molecule has 0 bridgehead atoms. The van der Waals surface area contributed by atoms with Crippen LogP contribution in [0.1, 0.15) is 6.92 Å². The van der Waals surface area contributed by atoms with Crippen molar-refractivity contribution in [1.29, 1.82) is 0 Å². The minimum Gasteiger partial charge on any atom is -0.508 e. The highest BCUT2D eigenvalue weighted by Crippen LogP contribution is 2.18. The Kier molecular flexibility index (Phi) is 3.72. The minimum atomic E-state index is -0.233.